The molecule has 4 rings (SSSR count). The molecule has 6 nitrogen and oxygen atoms in total. The second kappa shape index (κ2) is 5.96. The van der Waals surface area contributed by atoms with Crippen LogP contribution in [0.1, 0.15) is 18.4 Å². The second-order valence-corrected chi connectivity index (χ2v) is 5.86. The monoisotopic (exact) mass is 300 g/mol. The van der Waals surface area contributed by atoms with Gasteiger partial charge in [0.1, 0.15) is 25.9 Å². The zero-order valence-corrected chi connectivity index (χ0v) is 12.5. The fourth-order valence-corrected chi connectivity index (χ4v) is 3.27. The van der Waals surface area contributed by atoms with Crippen LogP contribution in [0.3, 0.4) is 0 Å². The van der Waals surface area contributed by atoms with E-state index in [1.807, 2.05) is 10.7 Å². The first kappa shape index (κ1) is 13.6. The SMILES string of the molecule is c1ncn(C[C@H]2CCCN2Cc2ccc3c(c2)OCCO3)n1. The number of benzene rings is 1. The predicted octanol–water partition coefficient (Wildman–Crippen LogP) is 1.71. The minimum atomic E-state index is 0.523. The van der Waals surface area contributed by atoms with E-state index in [0.717, 1.165) is 31.1 Å². The third-order valence-electron chi connectivity index (χ3n) is 4.36. The number of ether oxygens (including phenoxy) is 2. The molecule has 3 heterocycles. The molecular formula is C16H20N4O2. The van der Waals surface area contributed by atoms with Gasteiger partial charge in [0.15, 0.2) is 11.5 Å². The molecule has 2 aliphatic rings. The van der Waals surface area contributed by atoms with Crippen molar-refractivity contribution in [1.29, 1.82) is 0 Å². The van der Waals surface area contributed by atoms with Crippen molar-refractivity contribution in [2.24, 2.45) is 0 Å². The summed E-state index contributed by atoms with van der Waals surface area (Å²) in [6.45, 7) is 4.25. The Labute approximate surface area is 129 Å². The third-order valence-corrected chi connectivity index (χ3v) is 4.36. The van der Waals surface area contributed by atoms with Gasteiger partial charge >= 0.3 is 0 Å². The molecule has 0 bridgehead atoms. The summed E-state index contributed by atoms with van der Waals surface area (Å²) in [7, 11) is 0. The quantitative estimate of drug-likeness (QED) is 0.860. The Bertz CT molecular complexity index is 629. The van der Waals surface area contributed by atoms with Gasteiger partial charge in [-0.3, -0.25) is 9.58 Å². The topological polar surface area (TPSA) is 52.4 Å². The standard InChI is InChI=1S/C16H20N4O2/c1-2-14(10-20-12-17-11-18-20)19(5-1)9-13-3-4-15-16(8-13)22-7-6-21-15/h3-4,8,11-12,14H,1-2,5-7,9-10H2/t14-/m1/s1. The van der Waals surface area contributed by atoms with Gasteiger partial charge in [-0.05, 0) is 37.1 Å². The first-order valence-corrected chi connectivity index (χ1v) is 7.83. The molecule has 1 fully saturated rings. The molecule has 1 atom stereocenters. The maximum absolute atomic E-state index is 5.67. The van der Waals surface area contributed by atoms with E-state index in [2.05, 4.69) is 27.1 Å². The Kier molecular flexibility index (Phi) is 3.68. The van der Waals surface area contributed by atoms with Gasteiger partial charge in [-0.2, -0.15) is 5.10 Å². The van der Waals surface area contributed by atoms with Crippen LogP contribution in [0.2, 0.25) is 0 Å². The van der Waals surface area contributed by atoms with E-state index in [-0.39, 0.29) is 0 Å². The van der Waals surface area contributed by atoms with Crippen LogP contribution < -0.4 is 9.47 Å². The van der Waals surface area contributed by atoms with Crippen molar-refractivity contribution >= 4 is 0 Å². The zero-order valence-electron chi connectivity index (χ0n) is 12.5. The molecule has 0 N–H and O–H groups in total. The second-order valence-electron chi connectivity index (χ2n) is 5.86. The minimum absolute atomic E-state index is 0.523. The fraction of sp³-hybridized carbons (Fsp3) is 0.500. The maximum atomic E-state index is 5.67. The van der Waals surface area contributed by atoms with Crippen LogP contribution in [-0.4, -0.2) is 45.5 Å². The number of hydrogen-bond acceptors (Lipinski definition) is 5. The summed E-state index contributed by atoms with van der Waals surface area (Å²) in [6, 6.07) is 6.79. The molecule has 0 unspecified atom stereocenters. The summed E-state index contributed by atoms with van der Waals surface area (Å²) in [5.41, 5.74) is 1.27. The van der Waals surface area contributed by atoms with Crippen LogP contribution in [0.15, 0.2) is 30.9 Å². The highest BCUT2D eigenvalue weighted by Crippen LogP contribution is 2.32. The molecule has 0 radical (unpaired) electrons. The number of likely N-dealkylation sites (tertiary alicyclic amines) is 1. The predicted molar refractivity (Wildman–Crippen MR) is 80.9 cm³/mol. The van der Waals surface area contributed by atoms with E-state index in [4.69, 9.17) is 9.47 Å². The van der Waals surface area contributed by atoms with Crippen molar-refractivity contribution in [3.05, 3.63) is 36.4 Å². The zero-order chi connectivity index (χ0) is 14.8. The number of aromatic nitrogens is 3. The molecule has 1 saturated heterocycles. The lowest BCUT2D eigenvalue weighted by molar-refractivity contribution is 0.170. The van der Waals surface area contributed by atoms with Gasteiger partial charge in [0.05, 0.1) is 6.54 Å². The summed E-state index contributed by atoms with van der Waals surface area (Å²) in [5, 5.41) is 4.22. The van der Waals surface area contributed by atoms with Crippen LogP contribution >= 0.6 is 0 Å². The van der Waals surface area contributed by atoms with Crippen molar-refractivity contribution in [2.45, 2.75) is 32.0 Å². The van der Waals surface area contributed by atoms with Gasteiger partial charge < -0.3 is 9.47 Å². The molecule has 2 aliphatic heterocycles. The van der Waals surface area contributed by atoms with E-state index in [1.165, 1.54) is 18.4 Å². The van der Waals surface area contributed by atoms with Crippen LogP contribution in [0, 0.1) is 0 Å². The van der Waals surface area contributed by atoms with Crippen LogP contribution in [0.25, 0.3) is 0 Å². The Hall–Kier alpha value is -2.08. The average molecular weight is 300 g/mol. The Morgan fingerprint density at radius 3 is 2.95 bits per heavy atom. The molecule has 0 aliphatic carbocycles. The summed E-state index contributed by atoms with van der Waals surface area (Å²) in [5.74, 6) is 1.73. The van der Waals surface area contributed by atoms with Gasteiger partial charge in [-0.1, -0.05) is 6.07 Å². The summed E-state index contributed by atoms with van der Waals surface area (Å²) >= 11 is 0. The van der Waals surface area contributed by atoms with E-state index in [1.54, 1.807) is 12.7 Å². The highest BCUT2D eigenvalue weighted by Gasteiger charge is 2.25. The van der Waals surface area contributed by atoms with Crippen molar-refractivity contribution in [2.75, 3.05) is 19.8 Å². The lowest BCUT2D eigenvalue weighted by atomic mass is 10.1. The molecule has 1 aromatic heterocycles. The van der Waals surface area contributed by atoms with E-state index >= 15 is 0 Å². The molecule has 6 heteroatoms. The summed E-state index contributed by atoms with van der Waals surface area (Å²) in [4.78, 5) is 6.55. The minimum Gasteiger partial charge on any atom is -0.486 e. The number of fused-ring (bicyclic) bond motifs is 1. The van der Waals surface area contributed by atoms with E-state index < -0.39 is 0 Å². The Morgan fingerprint density at radius 2 is 2.09 bits per heavy atom. The molecule has 2 aromatic rings. The molecule has 0 saturated carbocycles. The average Bonchev–Trinajstić information content (AvgIpc) is 3.20. The molecule has 0 spiro atoms. The highest BCUT2D eigenvalue weighted by molar-refractivity contribution is 5.43. The highest BCUT2D eigenvalue weighted by atomic mass is 16.6. The summed E-state index contributed by atoms with van der Waals surface area (Å²) < 4.78 is 13.2. The van der Waals surface area contributed by atoms with E-state index in [9.17, 15) is 0 Å². The van der Waals surface area contributed by atoms with Crippen LogP contribution in [0.4, 0.5) is 0 Å². The van der Waals surface area contributed by atoms with Crippen molar-refractivity contribution < 1.29 is 9.47 Å². The van der Waals surface area contributed by atoms with Gasteiger partial charge in [0.2, 0.25) is 0 Å². The van der Waals surface area contributed by atoms with Crippen LogP contribution in [0.5, 0.6) is 11.5 Å². The largest absolute Gasteiger partial charge is 0.486 e. The lowest BCUT2D eigenvalue weighted by Gasteiger charge is -2.25. The van der Waals surface area contributed by atoms with E-state index in [0.29, 0.717) is 19.3 Å². The first-order chi connectivity index (χ1) is 10.9. The summed E-state index contributed by atoms with van der Waals surface area (Å²) in [6.07, 6.45) is 5.84. The molecular weight excluding hydrogens is 280 g/mol. The smallest absolute Gasteiger partial charge is 0.161 e. The third kappa shape index (κ3) is 2.78. The molecule has 1 aromatic carbocycles. The Morgan fingerprint density at radius 1 is 1.18 bits per heavy atom. The van der Waals surface area contributed by atoms with Gasteiger partial charge in [-0.15, -0.1) is 0 Å². The molecule has 116 valence electrons. The van der Waals surface area contributed by atoms with Gasteiger partial charge in [0.25, 0.3) is 0 Å². The van der Waals surface area contributed by atoms with Crippen molar-refractivity contribution in [3.63, 3.8) is 0 Å². The van der Waals surface area contributed by atoms with Gasteiger partial charge in [0, 0.05) is 12.6 Å². The number of hydrogen-bond donors (Lipinski definition) is 0. The normalized spacial score (nSPS) is 21.2. The number of rotatable bonds is 4. The molecule has 22 heavy (non-hydrogen) atoms. The Balaban J connectivity index is 1.45. The molecule has 0 amide bonds. The van der Waals surface area contributed by atoms with Crippen molar-refractivity contribution in [3.8, 4) is 11.5 Å². The maximum Gasteiger partial charge on any atom is 0.161 e. The van der Waals surface area contributed by atoms with Gasteiger partial charge in [-0.25, -0.2) is 4.98 Å². The fourth-order valence-electron chi connectivity index (χ4n) is 3.27. The van der Waals surface area contributed by atoms with Crippen LogP contribution in [-0.2, 0) is 13.1 Å². The number of nitrogens with zero attached hydrogens (tertiary/aromatic N) is 4. The first-order valence-electron chi connectivity index (χ1n) is 7.83. The van der Waals surface area contributed by atoms with Crippen molar-refractivity contribution in [1.82, 2.24) is 19.7 Å². The lowest BCUT2D eigenvalue weighted by Crippen LogP contribution is -2.32.